The molecule has 0 saturated carbocycles. The standard InChI is InChI=1S/C30H32N2O2/c1-4-22(2)30(34)32-29-16-13-25(14-17-29)18-23(3)27-10-7-9-26(20-27)19-24-8-5-6-11-28(15-12-24)31-21-33/h5-17,20,22-23H,4,18-19H2,1-3H3,(H,32,34). The molecule has 34 heavy (non-hydrogen) atoms. The second-order valence-electron chi connectivity index (χ2n) is 8.78. The number of carbonyl (C=O) groups is 1. The number of nitrogens with one attached hydrogen (secondary N) is 1. The fourth-order valence-electron chi connectivity index (χ4n) is 3.77. The van der Waals surface area contributed by atoms with Crippen LogP contribution in [0.15, 0.2) is 101 Å². The summed E-state index contributed by atoms with van der Waals surface area (Å²) in [4.78, 5) is 26.4. The number of allylic oxidation sites excluding steroid dienone is 7. The number of rotatable bonds is 9. The molecule has 174 valence electrons. The van der Waals surface area contributed by atoms with Crippen molar-refractivity contribution in [1.29, 1.82) is 0 Å². The van der Waals surface area contributed by atoms with E-state index >= 15 is 0 Å². The molecule has 0 spiro atoms. The lowest BCUT2D eigenvalue weighted by Crippen LogP contribution is -2.19. The highest BCUT2D eigenvalue weighted by Crippen LogP contribution is 2.24. The normalized spacial score (nSPS) is 14.7. The van der Waals surface area contributed by atoms with Gasteiger partial charge in [-0.3, -0.25) is 4.79 Å². The number of aliphatic imine (C=N–C) groups is 1. The van der Waals surface area contributed by atoms with E-state index in [-0.39, 0.29) is 11.8 Å². The molecule has 0 heterocycles. The van der Waals surface area contributed by atoms with Gasteiger partial charge in [-0.1, -0.05) is 81.5 Å². The molecule has 1 aliphatic carbocycles. The molecule has 2 aromatic carbocycles. The molecule has 4 heteroatoms. The molecule has 0 aromatic heterocycles. The zero-order valence-electron chi connectivity index (χ0n) is 20.1. The number of hydrogen-bond acceptors (Lipinski definition) is 3. The average molecular weight is 453 g/mol. The van der Waals surface area contributed by atoms with Gasteiger partial charge in [0.05, 0.1) is 5.70 Å². The Morgan fingerprint density at radius 2 is 1.76 bits per heavy atom. The topological polar surface area (TPSA) is 58.5 Å². The fourth-order valence-corrected chi connectivity index (χ4v) is 3.77. The number of benzene rings is 2. The second-order valence-corrected chi connectivity index (χ2v) is 8.78. The summed E-state index contributed by atoms with van der Waals surface area (Å²) >= 11 is 0. The van der Waals surface area contributed by atoms with Crippen LogP contribution in [0.25, 0.3) is 0 Å². The molecule has 1 amide bonds. The largest absolute Gasteiger partial charge is 0.326 e. The Kier molecular flexibility index (Phi) is 9.13. The molecule has 2 atom stereocenters. The van der Waals surface area contributed by atoms with Crippen molar-refractivity contribution in [2.45, 2.75) is 46.0 Å². The number of isocyanates is 1. The van der Waals surface area contributed by atoms with Crippen molar-refractivity contribution in [2.24, 2.45) is 10.9 Å². The van der Waals surface area contributed by atoms with E-state index in [2.05, 4.69) is 59.7 Å². The van der Waals surface area contributed by atoms with E-state index in [9.17, 15) is 9.59 Å². The summed E-state index contributed by atoms with van der Waals surface area (Å²) in [7, 11) is 0. The molecule has 0 bridgehead atoms. The van der Waals surface area contributed by atoms with Gasteiger partial charge < -0.3 is 5.32 Å². The minimum Gasteiger partial charge on any atom is -0.326 e. The second kappa shape index (κ2) is 12.5. The smallest absolute Gasteiger partial charge is 0.240 e. The van der Waals surface area contributed by atoms with Crippen molar-refractivity contribution < 1.29 is 9.59 Å². The van der Waals surface area contributed by atoms with Gasteiger partial charge in [0.2, 0.25) is 12.0 Å². The SMILES string of the molecule is CCC(C)C(=O)Nc1ccc(CC(C)c2cccc(CC3=CC=CC=C(N=C=O)C=C3)c2)cc1. The van der Waals surface area contributed by atoms with Crippen molar-refractivity contribution in [3.8, 4) is 0 Å². The van der Waals surface area contributed by atoms with E-state index in [1.165, 1.54) is 16.7 Å². The molecule has 4 nitrogen and oxygen atoms in total. The van der Waals surface area contributed by atoms with Gasteiger partial charge in [-0.25, -0.2) is 4.79 Å². The summed E-state index contributed by atoms with van der Waals surface area (Å²) in [5, 5.41) is 2.99. The molecule has 1 N–H and O–H groups in total. The van der Waals surface area contributed by atoms with Gasteiger partial charge in [0.25, 0.3) is 0 Å². The summed E-state index contributed by atoms with van der Waals surface area (Å²) in [6, 6.07) is 16.8. The number of amides is 1. The zero-order chi connectivity index (χ0) is 24.3. The van der Waals surface area contributed by atoms with Crippen molar-refractivity contribution in [3.05, 3.63) is 113 Å². The fraction of sp³-hybridized carbons (Fsp3) is 0.267. The third-order valence-electron chi connectivity index (χ3n) is 6.08. The van der Waals surface area contributed by atoms with E-state index in [1.807, 2.05) is 50.3 Å². The molecule has 0 saturated heterocycles. The molecule has 2 aromatic rings. The Morgan fingerprint density at radius 1 is 1.00 bits per heavy atom. The van der Waals surface area contributed by atoms with Crippen LogP contribution in [0.1, 0.15) is 49.8 Å². The first-order valence-electron chi connectivity index (χ1n) is 11.8. The minimum atomic E-state index is 0.0139. The van der Waals surface area contributed by atoms with Gasteiger partial charge in [-0.15, -0.1) is 0 Å². The van der Waals surface area contributed by atoms with Crippen LogP contribution in [0, 0.1) is 5.92 Å². The van der Waals surface area contributed by atoms with E-state index in [0.717, 1.165) is 30.5 Å². The first kappa shape index (κ1) is 24.9. The van der Waals surface area contributed by atoms with Crippen LogP contribution in [0.4, 0.5) is 5.69 Å². The third-order valence-corrected chi connectivity index (χ3v) is 6.08. The maximum absolute atomic E-state index is 12.1. The maximum Gasteiger partial charge on any atom is 0.240 e. The van der Waals surface area contributed by atoms with Crippen LogP contribution in [0.2, 0.25) is 0 Å². The van der Waals surface area contributed by atoms with Gasteiger partial charge in [-0.2, -0.15) is 4.99 Å². The van der Waals surface area contributed by atoms with E-state index in [1.54, 1.807) is 12.2 Å². The lowest BCUT2D eigenvalue weighted by molar-refractivity contribution is -0.119. The Labute approximate surface area is 202 Å². The van der Waals surface area contributed by atoms with Crippen molar-refractivity contribution in [2.75, 3.05) is 5.32 Å². The predicted molar refractivity (Wildman–Crippen MR) is 139 cm³/mol. The third kappa shape index (κ3) is 7.40. The number of hydrogen-bond donors (Lipinski definition) is 1. The van der Waals surface area contributed by atoms with Crippen LogP contribution >= 0.6 is 0 Å². The Balaban J connectivity index is 1.63. The molecular formula is C30H32N2O2. The van der Waals surface area contributed by atoms with Gasteiger partial charge in [-0.05, 0) is 71.7 Å². The summed E-state index contributed by atoms with van der Waals surface area (Å²) in [5.74, 6) is 0.438. The van der Waals surface area contributed by atoms with Gasteiger partial charge in [0.15, 0.2) is 0 Å². The summed E-state index contributed by atoms with van der Waals surface area (Å²) < 4.78 is 0. The molecular weight excluding hydrogens is 420 g/mol. The van der Waals surface area contributed by atoms with Crippen molar-refractivity contribution in [3.63, 3.8) is 0 Å². The average Bonchev–Trinajstić information content (AvgIpc) is 2.83. The first-order chi connectivity index (χ1) is 16.5. The molecule has 3 rings (SSSR count). The lowest BCUT2D eigenvalue weighted by Gasteiger charge is -2.15. The van der Waals surface area contributed by atoms with Gasteiger partial charge in [0.1, 0.15) is 0 Å². The molecule has 1 aliphatic rings. The van der Waals surface area contributed by atoms with Crippen LogP contribution in [-0.2, 0) is 22.4 Å². The first-order valence-corrected chi connectivity index (χ1v) is 11.8. The van der Waals surface area contributed by atoms with Crippen molar-refractivity contribution in [1.82, 2.24) is 0 Å². The van der Waals surface area contributed by atoms with Crippen molar-refractivity contribution >= 4 is 17.7 Å². The molecule has 0 fully saturated rings. The zero-order valence-corrected chi connectivity index (χ0v) is 20.1. The van der Waals surface area contributed by atoms with Gasteiger partial charge >= 0.3 is 0 Å². The quantitative estimate of drug-likeness (QED) is 0.335. The maximum atomic E-state index is 12.1. The Morgan fingerprint density at radius 3 is 2.50 bits per heavy atom. The van der Waals surface area contributed by atoms with E-state index in [0.29, 0.717) is 11.6 Å². The summed E-state index contributed by atoms with van der Waals surface area (Å²) in [6.07, 6.45) is 15.7. The summed E-state index contributed by atoms with van der Waals surface area (Å²) in [5.41, 5.74) is 6.35. The number of anilines is 1. The van der Waals surface area contributed by atoms with E-state index < -0.39 is 0 Å². The monoisotopic (exact) mass is 452 g/mol. The summed E-state index contributed by atoms with van der Waals surface area (Å²) in [6.45, 7) is 6.20. The number of carbonyl (C=O) groups excluding carboxylic acids is 2. The van der Waals surface area contributed by atoms with Gasteiger partial charge in [0, 0.05) is 11.6 Å². The molecule has 0 aliphatic heterocycles. The highest BCUT2D eigenvalue weighted by Gasteiger charge is 2.11. The Bertz CT molecular complexity index is 1160. The highest BCUT2D eigenvalue weighted by molar-refractivity contribution is 5.92. The predicted octanol–water partition coefficient (Wildman–Crippen LogP) is 6.83. The molecule has 2 unspecified atom stereocenters. The van der Waals surface area contributed by atoms with Crippen LogP contribution < -0.4 is 5.32 Å². The number of nitrogens with zero attached hydrogens (tertiary/aromatic N) is 1. The van der Waals surface area contributed by atoms with Crippen LogP contribution in [0.3, 0.4) is 0 Å². The lowest BCUT2D eigenvalue weighted by atomic mass is 9.91. The van der Waals surface area contributed by atoms with E-state index in [4.69, 9.17) is 0 Å². The van der Waals surface area contributed by atoms with Crippen LogP contribution in [-0.4, -0.2) is 12.0 Å². The highest BCUT2D eigenvalue weighted by atomic mass is 16.1. The molecule has 0 radical (unpaired) electrons. The van der Waals surface area contributed by atoms with Crippen LogP contribution in [0.5, 0.6) is 0 Å². The minimum absolute atomic E-state index is 0.0139. The Hall–Kier alpha value is -3.75.